The van der Waals surface area contributed by atoms with Crippen molar-refractivity contribution in [1.29, 1.82) is 0 Å². The second kappa shape index (κ2) is 7.96. The van der Waals surface area contributed by atoms with E-state index in [4.69, 9.17) is 4.74 Å². The van der Waals surface area contributed by atoms with Gasteiger partial charge in [0.25, 0.3) is 0 Å². The van der Waals surface area contributed by atoms with Crippen LogP contribution in [0.25, 0.3) is 16.8 Å². The molecule has 3 aliphatic rings. The highest BCUT2D eigenvalue weighted by molar-refractivity contribution is 6.08. The van der Waals surface area contributed by atoms with E-state index in [-0.39, 0.29) is 11.9 Å². The Morgan fingerprint density at radius 3 is 2.69 bits per heavy atom. The zero-order valence-electron chi connectivity index (χ0n) is 16.5. The molecule has 3 aliphatic carbocycles. The van der Waals surface area contributed by atoms with E-state index >= 15 is 0 Å². The summed E-state index contributed by atoms with van der Waals surface area (Å²) in [7, 11) is 0. The van der Waals surface area contributed by atoms with Crippen LogP contribution in [0.3, 0.4) is 0 Å². The molecule has 1 saturated carbocycles. The van der Waals surface area contributed by atoms with Crippen LogP contribution in [-0.4, -0.2) is 18.5 Å². The molecule has 29 heavy (non-hydrogen) atoms. The van der Waals surface area contributed by atoms with Crippen LogP contribution >= 0.6 is 0 Å². The van der Waals surface area contributed by atoms with E-state index < -0.39 is 0 Å². The van der Waals surface area contributed by atoms with Gasteiger partial charge in [-0.25, -0.2) is 0 Å². The average molecular weight is 383 g/mol. The van der Waals surface area contributed by atoms with E-state index in [0.29, 0.717) is 5.92 Å². The fourth-order valence-corrected chi connectivity index (χ4v) is 4.82. The fraction of sp³-hybridized carbons (Fsp3) is 0.296. The quantitative estimate of drug-likeness (QED) is 0.459. The van der Waals surface area contributed by atoms with E-state index in [0.717, 1.165) is 36.0 Å². The maximum Gasteiger partial charge on any atom is 0.185 e. The van der Waals surface area contributed by atoms with Crippen LogP contribution in [0.5, 0.6) is 0 Å². The van der Waals surface area contributed by atoms with Gasteiger partial charge in [0.05, 0.1) is 12.7 Å². The number of carbonyl (C=O) groups is 1. The predicted molar refractivity (Wildman–Crippen MR) is 118 cm³/mol. The third-order valence-electron chi connectivity index (χ3n) is 6.49. The minimum atomic E-state index is 0.0473. The molecule has 4 atom stereocenters. The molecule has 2 heteroatoms. The largest absolute Gasteiger partial charge is 0.374 e. The van der Waals surface area contributed by atoms with Gasteiger partial charge in [0.2, 0.25) is 0 Å². The number of hydrogen-bond acceptors (Lipinski definition) is 2. The minimum absolute atomic E-state index is 0.0473. The molecule has 2 bridgehead atoms. The highest BCUT2D eigenvalue weighted by Crippen LogP contribution is 2.43. The first-order valence-corrected chi connectivity index (χ1v) is 10.6. The van der Waals surface area contributed by atoms with Gasteiger partial charge in [-0.2, -0.15) is 0 Å². The van der Waals surface area contributed by atoms with Crippen molar-refractivity contribution < 1.29 is 9.53 Å². The topological polar surface area (TPSA) is 26.3 Å². The average Bonchev–Trinajstić information content (AvgIpc) is 3.40. The maximum atomic E-state index is 12.5. The minimum Gasteiger partial charge on any atom is -0.374 e. The molecule has 1 fully saturated rings. The number of ether oxygens (including phenoxy) is 1. The van der Waals surface area contributed by atoms with Gasteiger partial charge in [0, 0.05) is 5.57 Å². The van der Waals surface area contributed by atoms with Crippen molar-refractivity contribution in [2.24, 2.45) is 17.8 Å². The Morgan fingerprint density at radius 2 is 1.93 bits per heavy atom. The second-order valence-electron chi connectivity index (χ2n) is 8.47. The van der Waals surface area contributed by atoms with Crippen LogP contribution in [0.15, 0.2) is 84.5 Å². The first-order chi connectivity index (χ1) is 14.2. The first-order valence-electron chi connectivity index (χ1n) is 10.6. The standard InChI is InChI=1S/C27H26O2/c28-27(14-7-19-5-8-21-3-1-2-4-23(21)15-19)22-10-12-26(13-11-22)29-18-25-17-20-6-9-24(25)16-20/h1-12,14-15,20,24-26H,13,16-18H2. The molecule has 0 aromatic heterocycles. The lowest BCUT2D eigenvalue weighted by atomic mass is 9.94. The van der Waals surface area contributed by atoms with E-state index in [2.05, 4.69) is 36.4 Å². The number of allylic oxidation sites excluding steroid dienone is 5. The van der Waals surface area contributed by atoms with Gasteiger partial charge in [-0.1, -0.05) is 72.9 Å². The zero-order valence-corrected chi connectivity index (χ0v) is 16.5. The summed E-state index contributed by atoms with van der Waals surface area (Å²) >= 11 is 0. The van der Waals surface area contributed by atoms with Crippen LogP contribution in [0, 0.1) is 17.8 Å². The summed E-state index contributed by atoms with van der Waals surface area (Å²) in [6.45, 7) is 0.833. The van der Waals surface area contributed by atoms with Crippen molar-refractivity contribution >= 4 is 22.6 Å². The Labute approximate surface area is 172 Å². The summed E-state index contributed by atoms with van der Waals surface area (Å²) in [4.78, 5) is 12.5. The first kappa shape index (κ1) is 18.3. The second-order valence-corrected chi connectivity index (χ2v) is 8.47. The summed E-state index contributed by atoms with van der Waals surface area (Å²) in [5.41, 5.74) is 1.79. The molecule has 2 nitrogen and oxygen atoms in total. The monoisotopic (exact) mass is 382 g/mol. The van der Waals surface area contributed by atoms with Crippen molar-refractivity contribution in [2.45, 2.75) is 25.4 Å². The van der Waals surface area contributed by atoms with Crippen LogP contribution in [0.4, 0.5) is 0 Å². The van der Waals surface area contributed by atoms with Gasteiger partial charge in [-0.05, 0) is 65.5 Å². The van der Waals surface area contributed by atoms with Crippen LogP contribution < -0.4 is 0 Å². The molecule has 0 spiro atoms. The van der Waals surface area contributed by atoms with Crippen molar-refractivity contribution in [3.05, 3.63) is 90.1 Å². The smallest absolute Gasteiger partial charge is 0.185 e. The number of rotatable bonds is 6. The predicted octanol–water partition coefficient (Wildman–Crippen LogP) is 5.91. The SMILES string of the molecule is O=C(C=Cc1ccc2ccccc2c1)C1=CCC(OCC2CC3C=CC2C3)C=C1. The Balaban J connectivity index is 1.15. The highest BCUT2D eigenvalue weighted by Gasteiger charge is 2.35. The Morgan fingerprint density at radius 1 is 1.03 bits per heavy atom. The third-order valence-corrected chi connectivity index (χ3v) is 6.49. The number of hydrogen-bond donors (Lipinski definition) is 0. The molecule has 146 valence electrons. The number of benzene rings is 2. The van der Waals surface area contributed by atoms with Crippen LogP contribution in [0.1, 0.15) is 24.8 Å². The lowest BCUT2D eigenvalue weighted by Crippen LogP contribution is -2.20. The summed E-state index contributed by atoms with van der Waals surface area (Å²) in [5, 5.41) is 2.39. The van der Waals surface area contributed by atoms with Crippen molar-refractivity contribution in [3.63, 3.8) is 0 Å². The van der Waals surface area contributed by atoms with Crippen molar-refractivity contribution in [2.75, 3.05) is 6.61 Å². The maximum absolute atomic E-state index is 12.5. The number of carbonyl (C=O) groups excluding carboxylic acids is 1. The molecule has 0 radical (unpaired) electrons. The van der Waals surface area contributed by atoms with Gasteiger partial charge in [-0.15, -0.1) is 0 Å². The molecule has 2 aromatic carbocycles. The molecule has 0 amide bonds. The molecule has 4 unspecified atom stereocenters. The Hall–Kier alpha value is -2.71. The zero-order chi connectivity index (χ0) is 19.6. The van der Waals surface area contributed by atoms with E-state index in [1.165, 1.54) is 23.6 Å². The van der Waals surface area contributed by atoms with Gasteiger partial charge >= 0.3 is 0 Å². The van der Waals surface area contributed by atoms with Crippen LogP contribution in [-0.2, 0) is 9.53 Å². The van der Waals surface area contributed by atoms with Gasteiger partial charge in [-0.3, -0.25) is 4.79 Å². The lowest BCUT2D eigenvalue weighted by molar-refractivity contribution is -0.111. The Kier molecular flexibility index (Phi) is 5.03. The van der Waals surface area contributed by atoms with E-state index in [9.17, 15) is 4.79 Å². The lowest BCUT2D eigenvalue weighted by Gasteiger charge is -2.22. The van der Waals surface area contributed by atoms with Gasteiger partial charge < -0.3 is 4.74 Å². The normalized spacial score (nSPS) is 27.8. The number of fused-ring (bicyclic) bond motifs is 3. The van der Waals surface area contributed by atoms with Gasteiger partial charge in [0.15, 0.2) is 5.78 Å². The van der Waals surface area contributed by atoms with Crippen molar-refractivity contribution in [1.82, 2.24) is 0 Å². The number of ketones is 1. The molecule has 0 aliphatic heterocycles. The third kappa shape index (κ3) is 4.04. The molecule has 5 rings (SSSR count). The molecule has 0 saturated heterocycles. The van der Waals surface area contributed by atoms with E-state index in [1.54, 1.807) is 6.08 Å². The van der Waals surface area contributed by atoms with Crippen molar-refractivity contribution in [3.8, 4) is 0 Å². The summed E-state index contributed by atoms with van der Waals surface area (Å²) < 4.78 is 6.12. The van der Waals surface area contributed by atoms with Crippen LogP contribution in [0.2, 0.25) is 0 Å². The summed E-state index contributed by atoms with van der Waals surface area (Å²) in [6.07, 6.45) is 17.7. The molecule has 0 N–H and O–H groups in total. The van der Waals surface area contributed by atoms with Gasteiger partial charge in [0.1, 0.15) is 0 Å². The molecule has 0 heterocycles. The fourth-order valence-electron chi connectivity index (χ4n) is 4.82. The highest BCUT2D eigenvalue weighted by atomic mass is 16.5. The summed E-state index contributed by atoms with van der Waals surface area (Å²) in [5.74, 6) is 2.23. The molecule has 2 aromatic rings. The summed E-state index contributed by atoms with van der Waals surface area (Å²) in [6, 6.07) is 14.5. The molecular weight excluding hydrogens is 356 g/mol. The molecular formula is C27H26O2. The van der Waals surface area contributed by atoms with E-state index in [1.807, 2.05) is 42.5 Å². The Bertz CT molecular complexity index is 1040.